The second-order valence-corrected chi connectivity index (χ2v) is 8.53. The van der Waals surface area contributed by atoms with Crippen molar-refractivity contribution >= 4 is 17.4 Å². The van der Waals surface area contributed by atoms with Crippen LogP contribution >= 0.6 is 0 Å². The third-order valence-corrected chi connectivity index (χ3v) is 6.51. The molecular formula is C26H27NO8. The first-order valence-electron chi connectivity index (χ1n) is 11.5. The Balaban J connectivity index is 1.66. The number of amides is 1. The number of rotatable bonds is 6. The number of hydrogen-bond donors (Lipinski definition) is 1. The number of hydrogen-bond acceptors (Lipinski definition) is 8. The first kappa shape index (κ1) is 23.0. The van der Waals surface area contributed by atoms with Gasteiger partial charge in [0.1, 0.15) is 19.0 Å². The van der Waals surface area contributed by atoms with Crippen LogP contribution in [0.2, 0.25) is 0 Å². The standard InChI is InChI=1S/C26H27NO8/c1-31-19-7-3-6-17(25(19)32-2)22-21(24(29)26(30)27(22)14-16-5-4-10-33-16)23(28)15-8-9-18-20(13-15)35-12-11-34-18/h3,6-9,13,16,22,28H,4-5,10-12,14H2,1-2H3/b23-21+. The Morgan fingerprint density at radius 2 is 1.86 bits per heavy atom. The number of aliphatic hydroxyl groups excluding tert-OH is 1. The van der Waals surface area contributed by atoms with E-state index in [-0.39, 0.29) is 24.0 Å². The monoisotopic (exact) mass is 481 g/mol. The Morgan fingerprint density at radius 1 is 1.06 bits per heavy atom. The fourth-order valence-corrected chi connectivity index (χ4v) is 4.87. The molecule has 3 aliphatic rings. The number of para-hydroxylation sites is 1. The van der Waals surface area contributed by atoms with Crippen LogP contribution in [0, 0.1) is 0 Å². The zero-order chi connectivity index (χ0) is 24.5. The van der Waals surface area contributed by atoms with Gasteiger partial charge >= 0.3 is 0 Å². The van der Waals surface area contributed by atoms with Crippen molar-refractivity contribution in [1.82, 2.24) is 4.90 Å². The van der Waals surface area contributed by atoms with Crippen LogP contribution in [0.25, 0.3) is 5.76 Å². The van der Waals surface area contributed by atoms with Gasteiger partial charge in [0.2, 0.25) is 0 Å². The summed E-state index contributed by atoms with van der Waals surface area (Å²) in [5, 5.41) is 11.4. The van der Waals surface area contributed by atoms with E-state index in [1.807, 2.05) is 0 Å². The Kier molecular flexibility index (Phi) is 6.25. The number of carbonyl (C=O) groups excluding carboxylic acids is 2. The molecule has 35 heavy (non-hydrogen) atoms. The molecule has 5 rings (SSSR count). The van der Waals surface area contributed by atoms with Gasteiger partial charge in [0, 0.05) is 24.3 Å². The minimum Gasteiger partial charge on any atom is -0.507 e. The van der Waals surface area contributed by atoms with Gasteiger partial charge < -0.3 is 33.7 Å². The van der Waals surface area contributed by atoms with E-state index in [4.69, 9.17) is 23.7 Å². The highest BCUT2D eigenvalue weighted by molar-refractivity contribution is 6.46. The smallest absolute Gasteiger partial charge is 0.295 e. The highest BCUT2D eigenvalue weighted by atomic mass is 16.6. The van der Waals surface area contributed by atoms with Crippen LogP contribution in [-0.4, -0.2) is 68.4 Å². The quantitative estimate of drug-likeness (QED) is 0.382. The Bertz CT molecular complexity index is 1180. The normalized spacial score (nSPS) is 23.0. The first-order valence-corrected chi connectivity index (χ1v) is 11.5. The van der Waals surface area contributed by atoms with Crippen LogP contribution in [0.3, 0.4) is 0 Å². The van der Waals surface area contributed by atoms with Crippen LogP contribution in [0.15, 0.2) is 42.0 Å². The number of aliphatic hydroxyl groups is 1. The number of Topliss-reactive ketones (excluding diaryl/α,β-unsaturated/α-hetero) is 1. The summed E-state index contributed by atoms with van der Waals surface area (Å²) in [5.74, 6) is 0.0751. The number of nitrogens with zero attached hydrogens (tertiary/aromatic N) is 1. The summed E-state index contributed by atoms with van der Waals surface area (Å²) < 4.78 is 28.0. The van der Waals surface area contributed by atoms with E-state index in [0.29, 0.717) is 53.9 Å². The summed E-state index contributed by atoms with van der Waals surface area (Å²) in [6.07, 6.45) is 1.48. The summed E-state index contributed by atoms with van der Waals surface area (Å²) in [5.41, 5.74) is 0.843. The summed E-state index contributed by atoms with van der Waals surface area (Å²) in [6, 6.07) is 9.28. The molecule has 2 unspecified atom stereocenters. The number of likely N-dealkylation sites (tertiary alicyclic amines) is 1. The predicted molar refractivity (Wildman–Crippen MR) is 125 cm³/mol. The molecule has 0 radical (unpaired) electrons. The summed E-state index contributed by atoms with van der Waals surface area (Å²) >= 11 is 0. The van der Waals surface area contributed by atoms with Crippen LogP contribution < -0.4 is 18.9 Å². The largest absolute Gasteiger partial charge is 0.507 e. The SMILES string of the molecule is COc1cccc(C2/C(=C(\O)c3ccc4c(c3)OCCO4)C(=O)C(=O)N2CC2CCCO2)c1OC. The number of benzene rings is 2. The van der Waals surface area contributed by atoms with Crippen molar-refractivity contribution in [2.45, 2.75) is 25.0 Å². The molecule has 2 fully saturated rings. The molecule has 2 aromatic carbocycles. The van der Waals surface area contributed by atoms with Crippen LogP contribution in [0.4, 0.5) is 0 Å². The zero-order valence-electron chi connectivity index (χ0n) is 19.6. The van der Waals surface area contributed by atoms with Gasteiger partial charge in [-0.2, -0.15) is 0 Å². The lowest BCUT2D eigenvalue weighted by Crippen LogP contribution is -2.36. The minimum atomic E-state index is -0.891. The van der Waals surface area contributed by atoms with Crippen LogP contribution in [0.5, 0.6) is 23.0 Å². The summed E-state index contributed by atoms with van der Waals surface area (Å²) in [4.78, 5) is 28.1. The second kappa shape index (κ2) is 9.50. The number of ether oxygens (including phenoxy) is 5. The van der Waals surface area contributed by atoms with E-state index in [0.717, 1.165) is 12.8 Å². The lowest BCUT2D eigenvalue weighted by atomic mass is 9.94. The Morgan fingerprint density at radius 3 is 2.57 bits per heavy atom. The predicted octanol–water partition coefficient (Wildman–Crippen LogP) is 3.08. The van der Waals surface area contributed by atoms with E-state index in [1.54, 1.807) is 36.4 Å². The van der Waals surface area contributed by atoms with Crippen molar-refractivity contribution in [2.75, 3.05) is 40.6 Å². The second-order valence-electron chi connectivity index (χ2n) is 8.53. The fourth-order valence-electron chi connectivity index (χ4n) is 4.87. The van der Waals surface area contributed by atoms with Crippen molar-refractivity contribution in [2.24, 2.45) is 0 Å². The molecule has 0 aliphatic carbocycles. The van der Waals surface area contributed by atoms with E-state index in [1.165, 1.54) is 19.1 Å². The highest BCUT2D eigenvalue weighted by Crippen LogP contribution is 2.46. The third kappa shape index (κ3) is 4.05. The summed E-state index contributed by atoms with van der Waals surface area (Å²) in [6.45, 7) is 1.64. The van der Waals surface area contributed by atoms with Crippen LogP contribution in [-0.2, 0) is 14.3 Å². The van der Waals surface area contributed by atoms with E-state index in [2.05, 4.69) is 0 Å². The number of ketones is 1. The van der Waals surface area contributed by atoms with Gasteiger partial charge in [-0.15, -0.1) is 0 Å². The Labute approximate surface area is 202 Å². The lowest BCUT2D eigenvalue weighted by molar-refractivity contribution is -0.140. The molecule has 0 aromatic heterocycles. The van der Waals surface area contributed by atoms with E-state index < -0.39 is 17.7 Å². The molecule has 0 saturated carbocycles. The van der Waals surface area contributed by atoms with Gasteiger partial charge in [0.15, 0.2) is 23.0 Å². The molecule has 2 saturated heterocycles. The van der Waals surface area contributed by atoms with Gasteiger partial charge in [0.25, 0.3) is 11.7 Å². The molecule has 0 bridgehead atoms. The molecule has 2 aromatic rings. The third-order valence-electron chi connectivity index (χ3n) is 6.51. The molecule has 1 N–H and O–H groups in total. The highest BCUT2D eigenvalue weighted by Gasteiger charge is 2.48. The van der Waals surface area contributed by atoms with Crippen LogP contribution in [0.1, 0.15) is 30.0 Å². The number of fused-ring (bicyclic) bond motifs is 1. The van der Waals surface area contributed by atoms with E-state index in [9.17, 15) is 14.7 Å². The molecule has 3 heterocycles. The molecular weight excluding hydrogens is 454 g/mol. The van der Waals surface area contributed by atoms with Gasteiger partial charge in [0.05, 0.1) is 31.9 Å². The maximum atomic E-state index is 13.4. The van der Waals surface area contributed by atoms with Crippen molar-refractivity contribution < 1.29 is 38.4 Å². The molecule has 184 valence electrons. The van der Waals surface area contributed by atoms with Crippen molar-refractivity contribution in [3.63, 3.8) is 0 Å². The van der Waals surface area contributed by atoms with Crippen molar-refractivity contribution in [1.29, 1.82) is 0 Å². The van der Waals surface area contributed by atoms with Gasteiger partial charge in [-0.25, -0.2) is 0 Å². The Hall–Kier alpha value is -3.72. The minimum absolute atomic E-state index is 0.0313. The lowest BCUT2D eigenvalue weighted by Gasteiger charge is -2.29. The molecule has 1 amide bonds. The fraction of sp³-hybridized carbons (Fsp3) is 0.385. The van der Waals surface area contributed by atoms with E-state index >= 15 is 0 Å². The van der Waals surface area contributed by atoms with Crippen molar-refractivity contribution in [3.05, 3.63) is 53.1 Å². The average molecular weight is 482 g/mol. The maximum Gasteiger partial charge on any atom is 0.295 e. The zero-order valence-corrected chi connectivity index (χ0v) is 19.6. The van der Waals surface area contributed by atoms with Gasteiger partial charge in [-0.05, 0) is 37.1 Å². The average Bonchev–Trinajstić information content (AvgIpc) is 3.49. The van der Waals surface area contributed by atoms with Gasteiger partial charge in [-0.3, -0.25) is 9.59 Å². The molecule has 9 heteroatoms. The molecule has 3 aliphatic heterocycles. The molecule has 2 atom stereocenters. The maximum absolute atomic E-state index is 13.4. The molecule has 0 spiro atoms. The summed E-state index contributed by atoms with van der Waals surface area (Å²) in [7, 11) is 3.01. The number of carbonyl (C=O) groups is 2. The topological polar surface area (TPSA) is 104 Å². The molecule has 9 nitrogen and oxygen atoms in total. The number of methoxy groups -OCH3 is 2. The first-order chi connectivity index (χ1) is 17.0. The van der Waals surface area contributed by atoms with Gasteiger partial charge in [-0.1, -0.05) is 12.1 Å². The van der Waals surface area contributed by atoms with Crippen molar-refractivity contribution in [3.8, 4) is 23.0 Å².